The van der Waals surface area contributed by atoms with E-state index in [-0.39, 0.29) is 23.9 Å². The van der Waals surface area contributed by atoms with Crippen LogP contribution < -0.4 is 0 Å². The van der Waals surface area contributed by atoms with Gasteiger partial charge in [-0.25, -0.2) is 0 Å². The van der Waals surface area contributed by atoms with Crippen LogP contribution in [0.3, 0.4) is 0 Å². The van der Waals surface area contributed by atoms with Gasteiger partial charge >= 0.3 is 0 Å². The third kappa shape index (κ3) is 2.21. The van der Waals surface area contributed by atoms with E-state index in [9.17, 15) is 9.59 Å². The molecule has 1 saturated heterocycles. The van der Waals surface area contributed by atoms with Crippen molar-refractivity contribution in [3.8, 4) is 0 Å². The maximum absolute atomic E-state index is 11.4. The average Bonchev–Trinajstić information content (AvgIpc) is 2.47. The monoisotopic (exact) mass is 196 g/mol. The Morgan fingerprint density at radius 1 is 1.21 bits per heavy atom. The number of ether oxygens (including phenoxy) is 1. The Hall–Kier alpha value is -0.700. The SMILES string of the molecule is O=C1CC(=O)C(CC2CCOCC2)C1. The van der Waals surface area contributed by atoms with E-state index in [1.165, 1.54) is 0 Å². The minimum atomic E-state index is 0.0330. The third-order valence-corrected chi connectivity index (χ3v) is 3.26. The van der Waals surface area contributed by atoms with Gasteiger partial charge in [-0.15, -0.1) is 0 Å². The summed E-state index contributed by atoms with van der Waals surface area (Å²) in [6.07, 6.45) is 3.70. The van der Waals surface area contributed by atoms with Crippen LogP contribution in [0.2, 0.25) is 0 Å². The molecule has 2 fully saturated rings. The van der Waals surface area contributed by atoms with Crippen LogP contribution in [0.25, 0.3) is 0 Å². The smallest absolute Gasteiger partial charge is 0.143 e. The average molecular weight is 196 g/mol. The highest BCUT2D eigenvalue weighted by Gasteiger charge is 2.32. The number of Topliss-reactive ketones (excluding diaryl/α,β-unsaturated/α-hetero) is 2. The van der Waals surface area contributed by atoms with E-state index in [0.29, 0.717) is 12.3 Å². The van der Waals surface area contributed by atoms with Crippen LogP contribution in [0.4, 0.5) is 0 Å². The van der Waals surface area contributed by atoms with Crippen LogP contribution in [-0.4, -0.2) is 24.8 Å². The van der Waals surface area contributed by atoms with Crippen molar-refractivity contribution >= 4 is 11.6 Å². The molecule has 2 rings (SSSR count). The first kappa shape index (κ1) is 9.84. The summed E-state index contributed by atoms with van der Waals surface area (Å²) in [4.78, 5) is 22.5. The van der Waals surface area contributed by atoms with E-state index in [4.69, 9.17) is 4.74 Å². The minimum absolute atomic E-state index is 0.0330. The van der Waals surface area contributed by atoms with Crippen LogP contribution >= 0.6 is 0 Å². The molecule has 1 saturated carbocycles. The molecule has 1 unspecified atom stereocenters. The molecule has 3 nitrogen and oxygen atoms in total. The van der Waals surface area contributed by atoms with Crippen molar-refractivity contribution in [3.05, 3.63) is 0 Å². The van der Waals surface area contributed by atoms with Crippen molar-refractivity contribution in [2.75, 3.05) is 13.2 Å². The van der Waals surface area contributed by atoms with E-state index in [1.807, 2.05) is 0 Å². The topological polar surface area (TPSA) is 43.4 Å². The van der Waals surface area contributed by atoms with Gasteiger partial charge in [-0.2, -0.15) is 0 Å². The molecule has 0 aromatic rings. The first-order chi connectivity index (χ1) is 6.75. The standard InChI is InChI=1S/C11H16O3/c12-10-6-9(11(13)7-10)5-8-1-3-14-4-2-8/h8-9H,1-7H2. The molecular weight excluding hydrogens is 180 g/mol. The summed E-state index contributed by atoms with van der Waals surface area (Å²) in [7, 11) is 0. The molecule has 1 aliphatic carbocycles. The zero-order valence-electron chi connectivity index (χ0n) is 8.33. The van der Waals surface area contributed by atoms with Crippen LogP contribution in [0, 0.1) is 11.8 Å². The lowest BCUT2D eigenvalue weighted by molar-refractivity contribution is -0.123. The fourth-order valence-electron chi connectivity index (χ4n) is 2.40. The fraction of sp³-hybridized carbons (Fsp3) is 0.818. The summed E-state index contributed by atoms with van der Waals surface area (Å²) in [5.41, 5.74) is 0. The van der Waals surface area contributed by atoms with Crippen LogP contribution in [0.1, 0.15) is 32.1 Å². The lowest BCUT2D eigenvalue weighted by Gasteiger charge is -2.23. The summed E-state index contributed by atoms with van der Waals surface area (Å²) < 4.78 is 5.26. The summed E-state index contributed by atoms with van der Waals surface area (Å²) in [6.45, 7) is 1.64. The van der Waals surface area contributed by atoms with Gasteiger partial charge in [0.15, 0.2) is 0 Å². The number of rotatable bonds is 2. The van der Waals surface area contributed by atoms with Crippen molar-refractivity contribution in [2.45, 2.75) is 32.1 Å². The van der Waals surface area contributed by atoms with Crippen molar-refractivity contribution in [1.29, 1.82) is 0 Å². The lowest BCUT2D eigenvalue weighted by atomic mass is 9.88. The normalized spacial score (nSPS) is 29.9. The number of hydrogen-bond donors (Lipinski definition) is 0. The Balaban J connectivity index is 1.84. The Bertz CT molecular complexity index is 241. The summed E-state index contributed by atoms with van der Waals surface area (Å²) >= 11 is 0. The van der Waals surface area contributed by atoms with Gasteiger partial charge in [-0.05, 0) is 25.2 Å². The van der Waals surface area contributed by atoms with Crippen LogP contribution in [0.5, 0.6) is 0 Å². The van der Waals surface area contributed by atoms with Gasteiger partial charge in [0.2, 0.25) is 0 Å². The molecule has 14 heavy (non-hydrogen) atoms. The molecular formula is C11H16O3. The molecule has 0 spiro atoms. The van der Waals surface area contributed by atoms with Gasteiger partial charge in [0.05, 0.1) is 6.42 Å². The maximum atomic E-state index is 11.4. The maximum Gasteiger partial charge on any atom is 0.143 e. The van der Waals surface area contributed by atoms with Crippen molar-refractivity contribution in [1.82, 2.24) is 0 Å². The van der Waals surface area contributed by atoms with Crippen molar-refractivity contribution in [3.63, 3.8) is 0 Å². The zero-order valence-corrected chi connectivity index (χ0v) is 8.33. The van der Waals surface area contributed by atoms with E-state index in [1.54, 1.807) is 0 Å². The van der Waals surface area contributed by atoms with Gasteiger partial charge in [-0.1, -0.05) is 0 Å². The van der Waals surface area contributed by atoms with Gasteiger partial charge < -0.3 is 4.74 Å². The second-order valence-corrected chi connectivity index (χ2v) is 4.37. The summed E-state index contributed by atoms with van der Waals surface area (Å²) in [6, 6.07) is 0. The predicted molar refractivity (Wildman–Crippen MR) is 50.9 cm³/mol. The molecule has 1 aliphatic heterocycles. The van der Waals surface area contributed by atoms with Gasteiger partial charge in [-0.3, -0.25) is 9.59 Å². The molecule has 0 N–H and O–H groups in total. The Kier molecular flexibility index (Phi) is 2.96. The van der Waals surface area contributed by atoms with Crippen molar-refractivity contribution in [2.24, 2.45) is 11.8 Å². The minimum Gasteiger partial charge on any atom is -0.381 e. The Labute approximate surface area is 83.8 Å². The van der Waals surface area contributed by atoms with Crippen LogP contribution in [0.15, 0.2) is 0 Å². The van der Waals surface area contributed by atoms with Gasteiger partial charge in [0, 0.05) is 25.6 Å². The quantitative estimate of drug-likeness (QED) is 0.626. The van der Waals surface area contributed by atoms with Crippen molar-refractivity contribution < 1.29 is 14.3 Å². The molecule has 0 radical (unpaired) electrons. The van der Waals surface area contributed by atoms with E-state index in [0.717, 1.165) is 32.5 Å². The second-order valence-electron chi connectivity index (χ2n) is 4.37. The largest absolute Gasteiger partial charge is 0.381 e. The Morgan fingerprint density at radius 2 is 1.93 bits per heavy atom. The van der Waals surface area contributed by atoms with E-state index < -0.39 is 0 Å². The number of carbonyl (C=O) groups is 2. The van der Waals surface area contributed by atoms with Gasteiger partial charge in [0.1, 0.15) is 11.6 Å². The molecule has 2 aliphatic rings. The lowest BCUT2D eigenvalue weighted by Crippen LogP contribution is -2.20. The molecule has 0 amide bonds. The molecule has 1 heterocycles. The zero-order chi connectivity index (χ0) is 9.97. The number of hydrogen-bond acceptors (Lipinski definition) is 3. The highest BCUT2D eigenvalue weighted by atomic mass is 16.5. The molecule has 78 valence electrons. The van der Waals surface area contributed by atoms with Gasteiger partial charge in [0.25, 0.3) is 0 Å². The number of carbonyl (C=O) groups excluding carboxylic acids is 2. The highest BCUT2D eigenvalue weighted by molar-refractivity contribution is 6.06. The molecule has 3 heteroatoms. The highest BCUT2D eigenvalue weighted by Crippen LogP contribution is 2.29. The van der Waals surface area contributed by atoms with E-state index in [2.05, 4.69) is 0 Å². The molecule has 0 aromatic heterocycles. The first-order valence-corrected chi connectivity index (χ1v) is 5.38. The summed E-state index contributed by atoms with van der Waals surface area (Å²) in [5, 5.41) is 0. The third-order valence-electron chi connectivity index (χ3n) is 3.26. The predicted octanol–water partition coefficient (Wildman–Crippen LogP) is 1.35. The fourth-order valence-corrected chi connectivity index (χ4v) is 2.40. The van der Waals surface area contributed by atoms with E-state index >= 15 is 0 Å². The Morgan fingerprint density at radius 3 is 2.50 bits per heavy atom. The molecule has 1 atom stereocenters. The summed E-state index contributed by atoms with van der Waals surface area (Å²) in [5.74, 6) is 0.933. The molecule has 0 bridgehead atoms. The second kappa shape index (κ2) is 4.22. The first-order valence-electron chi connectivity index (χ1n) is 5.38. The number of ketones is 2. The molecule has 0 aromatic carbocycles. The van der Waals surface area contributed by atoms with Crippen LogP contribution in [-0.2, 0) is 14.3 Å².